The van der Waals surface area contributed by atoms with E-state index in [0.29, 0.717) is 17.4 Å². The van der Waals surface area contributed by atoms with E-state index in [0.717, 1.165) is 48.3 Å². The number of carbonyl (C=O) groups excluding carboxylic acids is 2. The smallest absolute Gasteiger partial charge is 0.234 e. The van der Waals surface area contributed by atoms with Crippen molar-refractivity contribution in [1.29, 1.82) is 0 Å². The summed E-state index contributed by atoms with van der Waals surface area (Å²) in [7, 11) is 0. The van der Waals surface area contributed by atoms with Gasteiger partial charge in [-0.1, -0.05) is 102 Å². The van der Waals surface area contributed by atoms with E-state index in [1.54, 1.807) is 0 Å². The normalized spacial score (nSPS) is 11.1. The molecule has 0 spiro atoms. The number of para-hydroxylation sites is 1. The maximum atomic E-state index is 13.0. The zero-order valence-electron chi connectivity index (χ0n) is 24.7. The number of thiazole rings is 1. The molecule has 45 heavy (non-hydrogen) atoms. The van der Waals surface area contributed by atoms with Gasteiger partial charge in [0.2, 0.25) is 11.8 Å². The molecule has 226 valence electrons. The minimum atomic E-state index is -0.142. The molecule has 0 radical (unpaired) electrons. The number of nitrogens with one attached hydrogen (secondary N) is 2. The van der Waals surface area contributed by atoms with E-state index in [1.807, 2.05) is 103 Å². The van der Waals surface area contributed by atoms with E-state index in [4.69, 9.17) is 0 Å². The van der Waals surface area contributed by atoms with Gasteiger partial charge in [0.15, 0.2) is 15.3 Å². The lowest BCUT2D eigenvalue weighted by Gasteiger charge is -2.11. The molecule has 8 nitrogen and oxygen atoms in total. The fourth-order valence-corrected chi connectivity index (χ4v) is 7.43. The van der Waals surface area contributed by atoms with Crippen molar-refractivity contribution in [3.8, 4) is 11.4 Å². The minimum absolute atomic E-state index is 0.0717. The van der Waals surface area contributed by atoms with Crippen molar-refractivity contribution >= 4 is 68.3 Å². The number of amides is 2. The first-order chi connectivity index (χ1) is 21.9. The molecule has 0 aliphatic heterocycles. The Balaban J connectivity index is 1.08. The first kappa shape index (κ1) is 30.6. The predicted octanol–water partition coefficient (Wildman–Crippen LogP) is 7.68. The average molecular weight is 651 g/mol. The molecule has 4 aromatic carbocycles. The molecule has 0 bridgehead atoms. The Hall–Kier alpha value is -4.45. The molecule has 0 saturated carbocycles. The standard InChI is InChI=1S/C34H30N6O2S3/c1-22-10-9-11-23(2)31(22)37-30(42)21-44-34-36-27-17-16-26(18-28(27)45-34)35-29(41)20-43-33-39-38-32(25-14-7-4-8-15-25)40(33)19-24-12-5-3-6-13-24/h3-18H,19-21H2,1-2H3,(H,35,41)(H,37,42). The van der Waals surface area contributed by atoms with Crippen LogP contribution in [0.2, 0.25) is 0 Å². The van der Waals surface area contributed by atoms with Gasteiger partial charge in [-0.15, -0.1) is 21.5 Å². The van der Waals surface area contributed by atoms with Gasteiger partial charge in [-0.2, -0.15) is 0 Å². The monoisotopic (exact) mass is 650 g/mol. The Labute approximate surface area is 273 Å². The molecular formula is C34H30N6O2S3. The molecule has 11 heteroatoms. The van der Waals surface area contributed by atoms with Crippen LogP contribution in [0.5, 0.6) is 0 Å². The number of fused-ring (bicyclic) bond motifs is 1. The summed E-state index contributed by atoms with van der Waals surface area (Å²) in [5, 5.41) is 15.6. The van der Waals surface area contributed by atoms with Crippen molar-refractivity contribution in [2.75, 3.05) is 22.1 Å². The number of nitrogens with zero attached hydrogens (tertiary/aromatic N) is 4. The van der Waals surface area contributed by atoms with E-state index in [2.05, 4.69) is 37.9 Å². The topological polar surface area (TPSA) is 102 Å². The molecule has 2 amide bonds. The quantitative estimate of drug-likeness (QED) is 0.139. The molecule has 0 saturated heterocycles. The molecule has 0 aliphatic rings. The SMILES string of the molecule is Cc1cccc(C)c1NC(=O)CSc1nc2ccc(NC(=O)CSc3nnc(-c4ccccc4)n3Cc3ccccc3)cc2s1. The number of carbonyl (C=O) groups is 2. The van der Waals surface area contributed by atoms with Crippen LogP contribution in [-0.4, -0.2) is 43.1 Å². The number of hydrogen-bond acceptors (Lipinski definition) is 8. The van der Waals surface area contributed by atoms with Crippen molar-refractivity contribution in [2.24, 2.45) is 0 Å². The van der Waals surface area contributed by atoms with Crippen LogP contribution in [0.3, 0.4) is 0 Å². The summed E-state index contributed by atoms with van der Waals surface area (Å²) in [5.74, 6) is 0.984. The zero-order valence-corrected chi connectivity index (χ0v) is 27.1. The second-order valence-electron chi connectivity index (χ2n) is 10.3. The molecule has 2 aromatic heterocycles. The summed E-state index contributed by atoms with van der Waals surface area (Å²) < 4.78 is 3.79. The lowest BCUT2D eigenvalue weighted by molar-refractivity contribution is -0.114. The number of aromatic nitrogens is 4. The highest BCUT2D eigenvalue weighted by Gasteiger charge is 2.17. The Morgan fingerprint density at radius 1 is 0.778 bits per heavy atom. The third-order valence-corrected chi connectivity index (χ3v) is 10.1. The number of hydrogen-bond donors (Lipinski definition) is 2. The minimum Gasteiger partial charge on any atom is -0.325 e. The van der Waals surface area contributed by atoms with Crippen molar-refractivity contribution in [3.63, 3.8) is 0 Å². The summed E-state index contributed by atoms with van der Waals surface area (Å²) in [6, 6.07) is 31.7. The Bertz CT molecular complexity index is 1940. The molecule has 6 rings (SSSR count). The molecule has 0 aliphatic carbocycles. The first-order valence-corrected chi connectivity index (χ1v) is 17.1. The average Bonchev–Trinajstić information content (AvgIpc) is 3.65. The summed E-state index contributed by atoms with van der Waals surface area (Å²) in [4.78, 5) is 30.3. The van der Waals surface area contributed by atoms with Gasteiger partial charge in [-0.3, -0.25) is 14.2 Å². The summed E-state index contributed by atoms with van der Waals surface area (Å²) >= 11 is 4.26. The molecule has 0 atom stereocenters. The van der Waals surface area contributed by atoms with Crippen LogP contribution in [0, 0.1) is 13.8 Å². The molecule has 0 unspecified atom stereocenters. The Morgan fingerprint density at radius 2 is 1.47 bits per heavy atom. The van der Waals surface area contributed by atoms with Crippen LogP contribution in [-0.2, 0) is 16.1 Å². The lowest BCUT2D eigenvalue weighted by Crippen LogP contribution is -2.15. The van der Waals surface area contributed by atoms with Crippen molar-refractivity contribution in [2.45, 2.75) is 29.9 Å². The third kappa shape index (κ3) is 7.62. The highest BCUT2D eigenvalue weighted by atomic mass is 32.2. The molecule has 6 aromatic rings. The molecule has 2 N–H and O–H groups in total. The van der Waals surface area contributed by atoms with Crippen molar-refractivity contribution < 1.29 is 9.59 Å². The van der Waals surface area contributed by atoms with Crippen LogP contribution >= 0.6 is 34.9 Å². The van der Waals surface area contributed by atoms with Gasteiger partial charge in [-0.25, -0.2) is 4.98 Å². The summed E-state index contributed by atoms with van der Waals surface area (Å²) in [6.45, 7) is 4.56. The first-order valence-electron chi connectivity index (χ1n) is 14.3. The zero-order chi connectivity index (χ0) is 31.2. The second-order valence-corrected chi connectivity index (χ2v) is 13.5. The molecule has 2 heterocycles. The van der Waals surface area contributed by atoms with E-state index >= 15 is 0 Å². The maximum absolute atomic E-state index is 13.0. The third-order valence-electron chi connectivity index (χ3n) is 6.99. The van der Waals surface area contributed by atoms with Gasteiger partial charge in [0.25, 0.3) is 0 Å². The lowest BCUT2D eigenvalue weighted by atomic mass is 10.1. The van der Waals surface area contributed by atoms with Gasteiger partial charge in [0.1, 0.15) is 0 Å². The Kier molecular flexibility index (Phi) is 9.58. The van der Waals surface area contributed by atoms with Crippen LogP contribution < -0.4 is 10.6 Å². The Morgan fingerprint density at radius 3 is 2.22 bits per heavy atom. The fraction of sp³-hybridized carbons (Fsp3) is 0.147. The molecular weight excluding hydrogens is 621 g/mol. The van der Waals surface area contributed by atoms with Gasteiger partial charge in [0, 0.05) is 16.9 Å². The number of anilines is 2. The number of rotatable bonds is 11. The second kappa shape index (κ2) is 14.1. The van der Waals surface area contributed by atoms with Gasteiger partial charge < -0.3 is 10.6 Å². The van der Waals surface area contributed by atoms with Crippen LogP contribution in [0.1, 0.15) is 16.7 Å². The highest BCUT2D eigenvalue weighted by Crippen LogP contribution is 2.32. The summed E-state index contributed by atoms with van der Waals surface area (Å²) in [5.41, 5.74) is 6.54. The highest BCUT2D eigenvalue weighted by molar-refractivity contribution is 8.01. The fourth-order valence-electron chi connectivity index (χ4n) is 4.79. The van der Waals surface area contributed by atoms with Crippen molar-refractivity contribution in [3.05, 3.63) is 114 Å². The van der Waals surface area contributed by atoms with E-state index in [1.165, 1.54) is 34.9 Å². The van der Waals surface area contributed by atoms with Gasteiger partial charge in [-0.05, 0) is 48.7 Å². The van der Waals surface area contributed by atoms with E-state index < -0.39 is 0 Å². The number of thioether (sulfide) groups is 2. The van der Waals surface area contributed by atoms with Gasteiger partial charge in [0.05, 0.1) is 28.3 Å². The molecule has 0 fully saturated rings. The maximum Gasteiger partial charge on any atom is 0.234 e. The predicted molar refractivity (Wildman–Crippen MR) is 185 cm³/mol. The van der Waals surface area contributed by atoms with E-state index in [-0.39, 0.29) is 23.3 Å². The van der Waals surface area contributed by atoms with E-state index in [9.17, 15) is 9.59 Å². The van der Waals surface area contributed by atoms with Crippen LogP contribution in [0.4, 0.5) is 11.4 Å². The summed E-state index contributed by atoms with van der Waals surface area (Å²) in [6.07, 6.45) is 0. The number of benzene rings is 4. The van der Waals surface area contributed by atoms with Crippen molar-refractivity contribution in [1.82, 2.24) is 19.7 Å². The largest absolute Gasteiger partial charge is 0.325 e. The van der Waals surface area contributed by atoms with Crippen LogP contribution in [0.25, 0.3) is 21.6 Å². The number of aryl methyl sites for hydroxylation is 2. The van der Waals surface area contributed by atoms with Gasteiger partial charge >= 0.3 is 0 Å². The van der Waals surface area contributed by atoms with Crippen LogP contribution in [0.15, 0.2) is 107 Å².